The maximum absolute atomic E-state index is 5.54. The van der Waals surface area contributed by atoms with Crippen LogP contribution in [-0.4, -0.2) is 40.0 Å². The SMILES string of the molecule is CCCC(C)(CNCCOC)COCC. The first-order valence-corrected chi connectivity index (χ1v) is 5.96. The molecule has 0 saturated heterocycles. The molecule has 0 fully saturated rings. The van der Waals surface area contributed by atoms with Crippen molar-refractivity contribution in [2.24, 2.45) is 5.41 Å². The molecule has 1 unspecified atom stereocenters. The first-order valence-electron chi connectivity index (χ1n) is 5.96. The van der Waals surface area contributed by atoms with E-state index in [9.17, 15) is 0 Å². The van der Waals surface area contributed by atoms with Crippen molar-refractivity contribution in [3.05, 3.63) is 0 Å². The van der Waals surface area contributed by atoms with Crippen LogP contribution in [0.4, 0.5) is 0 Å². The Kier molecular flexibility index (Phi) is 9.06. The van der Waals surface area contributed by atoms with Crippen LogP contribution >= 0.6 is 0 Å². The molecular weight excluding hydrogens is 190 g/mol. The summed E-state index contributed by atoms with van der Waals surface area (Å²) in [5, 5.41) is 3.42. The number of hydrogen-bond acceptors (Lipinski definition) is 3. The van der Waals surface area contributed by atoms with Gasteiger partial charge in [0.1, 0.15) is 0 Å². The van der Waals surface area contributed by atoms with E-state index < -0.39 is 0 Å². The summed E-state index contributed by atoms with van der Waals surface area (Å²) in [6, 6.07) is 0. The summed E-state index contributed by atoms with van der Waals surface area (Å²) in [5.41, 5.74) is 0.262. The zero-order chi connectivity index (χ0) is 11.6. The maximum atomic E-state index is 5.54. The zero-order valence-electron chi connectivity index (χ0n) is 10.8. The summed E-state index contributed by atoms with van der Waals surface area (Å²) in [5.74, 6) is 0. The number of rotatable bonds is 10. The third kappa shape index (κ3) is 7.77. The van der Waals surface area contributed by atoms with E-state index in [1.165, 1.54) is 12.8 Å². The minimum Gasteiger partial charge on any atom is -0.383 e. The third-order valence-electron chi connectivity index (χ3n) is 2.54. The van der Waals surface area contributed by atoms with E-state index in [1.54, 1.807) is 7.11 Å². The largest absolute Gasteiger partial charge is 0.383 e. The lowest BCUT2D eigenvalue weighted by molar-refractivity contribution is 0.0537. The molecule has 0 spiro atoms. The van der Waals surface area contributed by atoms with Crippen LogP contribution in [0.25, 0.3) is 0 Å². The van der Waals surface area contributed by atoms with Crippen molar-refractivity contribution in [2.75, 3.05) is 40.0 Å². The quantitative estimate of drug-likeness (QED) is 0.568. The van der Waals surface area contributed by atoms with Crippen molar-refractivity contribution in [2.45, 2.75) is 33.6 Å². The van der Waals surface area contributed by atoms with Gasteiger partial charge in [0, 0.05) is 32.2 Å². The molecule has 3 nitrogen and oxygen atoms in total. The van der Waals surface area contributed by atoms with Gasteiger partial charge in [0.25, 0.3) is 0 Å². The topological polar surface area (TPSA) is 30.5 Å². The van der Waals surface area contributed by atoms with Crippen LogP contribution in [0.1, 0.15) is 33.6 Å². The molecule has 0 aliphatic carbocycles. The molecule has 1 N–H and O–H groups in total. The van der Waals surface area contributed by atoms with Crippen molar-refractivity contribution in [3.8, 4) is 0 Å². The van der Waals surface area contributed by atoms with Crippen LogP contribution in [0.2, 0.25) is 0 Å². The van der Waals surface area contributed by atoms with E-state index in [-0.39, 0.29) is 5.41 Å². The fourth-order valence-electron chi connectivity index (χ4n) is 1.73. The fraction of sp³-hybridized carbons (Fsp3) is 1.00. The highest BCUT2D eigenvalue weighted by Crippen LogP contribution is 2.22. The Hall–Kier alpha value is -0.120. The highest BCUT2D eigenvalue weighted by Gasteiger charge is 2.22. The Morgan fingerprint density at radius 2 is 2.00 bits per heavy atom. The van der Waals surface area contributed by atoms with Gasteiger partial charge in [-0.05, 0) is 13.3 Å². The van der Waals surface area contributed by atoms with Crippen molar-refractivity contribution in [3.63, 3.8) is 0 Å². The molecule has 0 aliphatic rings. The van der Waals surface area contributed by atoms with Gasteiger partial charge in [0.05, 0.1) is 13.2 Å². The molecule has 0 bridgehead atoms. The Balaban J connectivity index is 3.78. The maximum Gasteiger partial charge on any atom is 0.0587 e. The predicted molar refractivity (Wildman–Crippen MR) is 64.3 cm³/mol. The van der Waals surface area contributed by atoms with Crippen molar-refractivity contribution in [1.29, 1.82) is 0 Å². The van der Waals surface area contributed by atoms with E-state index in [2.05, 4.69) is 19.2 Å². The molecule has 0 saturated carbocycles. The highest BCUT2D eigenvalue weighted by atomic mass is 16.5. The molecule has 1 atom stereocenters. The highest BCUT2D eigenvalue weighted by molar-refractivity contribution is 4.76. The average molecular weight is 217 g/mol. The molecule has 15 heavy (non-hydrogen) atoms. The number of hydrogen-bond donors (Lipinski definition) is 1. The summed E-state index contributed by atoms with van der Waals surface area (Å²) in [4.78, 5) is 0. The van der Waals surface area contributed by atoms with Crippen molar-refractivity contribution in [1.82, 2.24) is 5.32 Å². The molecule has 0 heterocycles. The predicted octanol–water partition coefficient (Wildman–Crippen LogP) is 2.07. The summed E-state index contributed by atoms with van der Waals surface area (Å²) < 4.78 is 10.5. The first-order chi connectivity index (χ1) is 7.18. The van der Waals surface area contributed by atoms with E-state index >= 15 is 0 Å². The van der Waals surface area contributed by atoms with Crippen LogP contribution in [0.15, 0.2) is 0 Å². The molecule has 3 heteroatoms. The Morgan fingerprint density at radius 1 is 1.27 bits per heavy atom. The fourth-order valence-corrected chi connectivity index (χ4v) is 1.73. The number of methoxy groups -OCH3 is 1. The van der Waals surface area contributed by atoms with Gasteiger partial charge in [-0.15, -0.1) is 0 Å². The summed E-state index contributed by atoms with van der Waals surface area (Å²) in [7, 11) is 1.73. The lowest BCUT2D eigenvalue weighted by atomic mass is 9.86. The Labute approximate surface area is 94.5 Å². The third-order valence-corrected chi connectivity index (χ3v) is 2.54. The minimum atomic E-state index is 0.262. The summed E-state index contributed by atoms with van der Waals surface area (Å²) in [6.45, 7) is 10.9. The summed E-state index contributed by atoms with van der Waals surface area (Å²) in [6.07, 6.45) is 2.41. The van der Waals surface area contributed by atoms with Gasteiger partial charge in [-0.2, -0.15) is 0 Å². The molecule has 0 radical (unpaired) electrons. The first kappa shape index (κ1) is 14.9. The molecule has 92 valence electrons. The smallest absolute Gasteiger partial charge is 0.0587 e. The van der Waals surface area contributed by atoms with Crippen LogP contribution < -0.4 is 5.32 Å². The minimum absolute atomic E-state index is 0.262. The van der Waals surface area contributed by atoms with Gasteiger partial charge in [-0.3, -0.25) is 0 Å². The van der Waals surface area contributed by atoms with Crippen molar-refractivity contribution >= 4 is 0 Å². The second-order valence-corrected chi connectivity index (χ2v) is 4.37. The van der Waals surface area contributed by atoms with Crippen LogP contribution in [0.5, 0.6) is 0 Å². The molecule has 0 aromatic rings. The van der Waals surface area contributed by atoms with E-state index in [0.717, 1.165) is 32.9 Å². The molecule has 0 rings (SSSR count). The Bertz CT molecular complexity index is 142. The number of nitrogens with one attached hydrogen (secondary N) is 1. The molecule has 0 aliphatic heterocycles. The second-order valence-electron chi connectivity index (χ2n) is 4.37. The summed E-state index contributed by atoms with van der Waals surface area (Å²) >= 11 is 0. The Morgan fingerprint density at radius 3 is 2.53 bits per heavy atom. The standard InChI is InChI=1S/C12H27NO2/c1-5-7-12(3,11-15-6-2)10-13-8-9-14-4/h13H,5-11H2,1-4H3. The van der Waals surface area contributed by atoms with E-state index in [1.807, 2.05) is 6.92 Å². The zero-order valence-corrected chi connectivity index (χ0v) is 10.8. The average Bonchev–Trinajstić information content (AvgIpc) is 2.22. The van der Waals surface area contributed by atoms with Gasteiger partial charge in [-0.1, -0.05) is 20.3 Å². The van der Waals surface area contributed by atoms with Gasteiger partial charge in [-0.25, -0.2) is 0 Å². The molecular formula is C12H27NO2. The lowest BCUT2D eigenvalue weighted by Crippen LogP contribution is -2.37. The molecule has 0 aromatic carbocycles. The van der Waals surface area contributed by atoms with Gasteiger partial charge in [0.2, 0.25) is 0 Å². The normalized spacial score (nSPS) is 15.2. The molecule has 0 amide bonds. The van der Waals surface area contributed by atoms with E-state index in [0.29, 0.717) is 0 Å². The number of ether oxygens (including phenoxy) is 2. The van der Waals surface area contributed by atoms with Gasteiger partial charge in [0.15, 0.2) is 0 Å². The lowest BCUT2D eigenvalue weighted by Gasteiger charge is -2.29. The van der Waals surface area contributed by atoms with Crippen LogP contribution in [0.3, 0.4) is 0 Å². The van der Waals surface area contributed by atoms with Crippen molar-refractivity contribution < 1.29 is 9.47 Å². The molecule has 0 aromatic heterocycles. The van der Waals surface area contributed by atoms with Crippen LogP contribution in [-0.2, 0) is 9.47 Å². The second kappa shape index (κ2) is 9.13. The monoisotopic (exact) mass is 217 g/mol. The van der Waals surface area contributed by atoms with Crippen LogP contribution in [0, 0.1) is 5.41 Å². The van der Waals surface area contributed by atoms with Gasteiger partial charge < -0.3 is 14.8 Å². The van der Waals surface area contributed by atoms with Gasteiger partial charge >= 0.3 is 0 Å². The van der Waals surface area contributed by atoms with E-state index in [4.69, 9.17) is 9.47 Å².